The largest absolute Gasteiger partial charge is 0.497 e. The highest BCUT2D eigenvalue weighted by Crippen LogP contribution is 2.28. The second kappa shape index (κ2) is 8.82. The van der Waals surface area contributed by atoms with Gasteiger partial charge in [0.05, 0.1) is 24.8 Å². The smallest absolute Gasteiger partial charge is 0.308 e. The number of benzene rings is 1. The molecule has 7 nitrogen and oxygen atoms in total. The van der Waals surface area contributed by atoms with Crippen LogP contribution in [0.1, 0.15) is 43.2 Å². The van der Waals surface area contributed by atoms with Crippen molar-refractivity contribution in [2.45, 2.75) is 49.3 Å². The lowest BCUT2D eigenvalue weighted by atomic mass is 10.1. The first-order valence-corrected chi connectivity index (χ1v) is 10.3. The van der Waals surface area contributed by atoms with E-state index < -0.39 is 5.60 Å². The molecule has 0 atom stereocenters. The fourth-order valence-corrected chi connectivity index (χ4v) is 3.66. The summed E-state index contributed by atoms with van der Waals surface area (Å²) in [4.78, 5) is 36.2. The zero-order valence-corrected chi connectivity index (χ0v) is 17.9. The first-order valence-electron chi connectivity index (χ1n) is 9.44. The summed E-state index contributed by atoms with van der Waals surface area (Å²) in [7, 11) is 1.63. The van der Waals surface area contributed by atoms with Crippen LogP contribution in [0.2, 0.25) is 0 Å². The Kier molecular flexibility index (Phi) is 6.42. The topological polar surface area (TPSA) is 81.6 Å². The average Bonchev–Trinajstić information content (AvgIpc) is 2.67. The third kappa shape index (κ3) is 5.69. The van der Waals surface area contributed by atoms with Crippen molar-refractivity contribution in [2.24, 2.45) is 0 Å². The van der Waals surface area contributed by atoms with Gasteiger partial charge < -0.3 is 14.4 Å². The molecule has 0 bridgehead atoms. The van der Waals surface area contributed by atoms with Gasteiger partial charge in [-0.05, 0) is 56.8 Å². The standard InChI is InChI=1S/C21H25N3O4S/c1-21(2,3)28-18(25)10-12-24-11-9-17-16(19(24)26)13-22-20(23-17)29-15-7-5-14(27-4)6-8-15/h5-8,13H,9-12H2,1-4H3. The molecule has 1 aliphatic heterocycles. The third-order valence-corrected chi connectivity index (χ3v) is 5.14. The Morgan fingerprint density at radius 3 is 2.62 bits per heavy atom. The van der Waals surface area contributed by atoms with Gasteiger partial charge in [-0.3, -0.25) is 9.59 Å². The number of carbonyl (C=O) groups is 2. The van der Waals surface area contributed by atoms with Crippen LogP contribution in [-0.2, 0) is 16.0 Å². The molecule has 0 aliphatic carbocycles. The van der Waals surface area contributed by atoms with Crippen molar-refractivity contribution in [1.29, 1.82) is 0 Å². The molecule has 8 heteroatoms. The van der Waals surface area contributed by atoms with E-state index in [9.17, 15) is 9.59 Å². The summed E-state index contributed by atoms with van der Waals surface area (Å²) in [5, 5.41) is 0.601. The van der Waals surface area contributed by atoms with Gasteiger partial charge in [0.25, 0.3) is 5.91 Å². The number of fused-ring (bicyclic) bond motifs is 1. The van der Waals surface area contributed by atoms with E-state index in [-0.39, 0.29) is 18.3 Å². The molecule has 0 saturated heterocycles. The van der Waals surface area contributed by atoms with E-state index in [2.05, 4.69) is 9.97 Å². The molecule has 2 heterocycles. The first-order chi connectivity index (χ1) is 13.7. The Labute approximate surface area is 174 Å². The van der Waals surface area contributed by atoms with Crippen LogP contribution in [0, 0.1) is 0 Å². The van der Waals surface area contributed by atoms with E-state index in [1.807, 2.05) is 45.0 Å². The van der Waals surface area contributed by atoms with Crippen LogP contribution in [0.15, 0.2) is 40.5 Å². The van der Waals surface area contributed by atoms with E-state index in [0.717, 1.165) is 16.3 Å². The number of aromatic nitrogens is 2. The van der Waals surface area contributed by atoms with Crippen LogP contribution in [0.25, 0.3) is 0 Å². The molecular weight excluding hydrogens is 390 g/mol. The van der Waals surface area contributed by atoms with Gasteiger partial charge in [0.2, 0.25) is 0 Å². The van der Waals surface area contributed by atoms with Crippen LogP contribution < -0.4 is 4.74 Å². The molecule has 154 valence electrons. The first kappa shape index (κ1) is 21.1. The lowest BCUT2D eigenvalue weighted by Crippen LogP contribution is -2.40. The monoisotopic (exact) mass is 415 g/mol. The Morgan fingerprint density at radius 2 is 1.97 bits per heavy atom. The summed E-state index contributed by atoms with van der Waals surface area (Å²) in [6.07, 6.45) is 2.38. The van der Waals surface area contributed by atoms with Crippen LogP contribution >= 0.6 is 11.8 Å². The van der Waals surface area contributed by atoms with Crippen molar-refractivity contribution in [3.8, 4) is 5.75 Å². The molecule has 0 radical (unpaired) electrons. The minimum atomic E-state index is -0.526. The molecule has 1 amide bonds. The van der Waals surface area contributed by atoms with E-state index in [1.165, 1.54) is 11.8 Å². The SMILES string of the molecule is COc1ccc(Sc2ncc3c(n2)CCN(CCC(=O)OC(C)(C)C)C3=O)cc1. The Bertz CT molecular complexity index is 894. The molecule has 3 rings (SSSR count). The molecular formula is C21H25N3O4S. The molecule has 0 spiro atoms. The molecule has 1 aromatic heterocycles. The van der Waals surface area contributed by atoms with Crippen LogP contribution in [0.3, 0.4) is 0 Å². The zero-order valence-electron chi connectivity index (χ0n) is 17.1. The summed E-state index contributed by atoms with van der Waals surface area (Å²) >= 11 is 1.44. The highest BCUT2D eigenvalue weighted by molar-refractivity contribution is 7.99. The maximum atomic E-state index is 12.7. The van der Waals surface area contributed by atoms with Gasteiger partial charge in [-0.1, -0.05) is 0 Å². The number of nitrogens with zero attached hydrogens (tertiary/aromatic N) is 3. The average molecular weight is 416 g/mol. The minimum absolute atomic E-state index is 0.143. The summed E-state index contributed by atoms with van der Waals surface area (Å²) in [5.74, 6) is 0.340. The molecule has 0 unspecified atom stereocenters. The van der Waals surface area contributed by atoms with E-state index >= 15 is 0 Å². The van der Waals surface area contributed by atoms with Gasteiger partial charge in [-0.15, -0.1) is 0 Å². The fourth-order valence-electron chi connectivity index (χ4n) is 2.91. The lowest BCUT2D eigenvalue weighted by molar-refractivity contribution is -0.155. The number of hydrogen-bond acceptors (Lipinski definition) is 7. The maximum Gasteiger partial charge on any atom is 0.308 e. The Balaban J connectivity index is 1.62. The molecule has 1 aliphatic rings. The molecule has 0 fully saturated rings. The summed E-state index contributed by atoms with van der Waals surface area (Å²) in [5.41, 5.74) is 0.718. The van der Waals surface area contributed by atoms with Crippen molar-refractivity contribution in [2.75, 3.05) is 20.2 Å². The summed E-state index contributed by atoms with van der Waals surface area (Å²) in [6, 6.07) is 7.64. The second-order valence-electron chi connectivity index (χ2n) is 7.67. The predicted octanol–water partition coefficient (Wildman–Crippen LogP) is 3.37. The van der Waals surface area contributed by atoms with Gasteiger partial charge in [0, 0.05) is 30.6 Å². The molecule has 29 heavy (non-hydrogen) atoms. The van der Waals surface area contributed by atoms with E-state index in [1.54, 1.807) is 18.2 Å². The Morgan fingerprint density at radius 1 is 1.24 bits per heavy atom. The Hall–Kier alpha value is -2.61. The van der Waals surface area contributed by atoms with Crippen LogP contribution in [0.5, 0.6) is 5.75 Å². The van der Waals surface area contributed by atoms with Crippen LogP contribution in [-0.4, -0.2) is 52.5 Å². The lowest BCUT2D eigenvalue weighted by Gasteiger charge is -2.28. The highest BCUT2D eigenvalue weighted by atomic mass is 32.2. The fraction of sp³-hybridized carbons (Fsp3) is 0.429. The van der Waals surface area contributed by atoms with Crippen molar-refractivity contribution in [3.63, 3.8) is 0 Å². The number of ether oxygens (including phenoxy) is 2. The number of carbonyl (C=O) groups excluding carboxylic acids is 2. The summed E-state index contributed by atoms with van der Waals surface area (Å²) < 4.78 is 10.5. The second-order valence-corrected chi connectivity index (χ2v) is 8.71. The number of amides is 1. The summed E-state index contributed by atoms with van der Waals surface area (Å²) in [6.45, 7) is 6.33. The zero-order chi connectivity index (χ0) is 21.0. The third-order valence-electron chi connectivity index (χ3n) is 4.26. The quantitative estimate of drug-likeness (QED) is 0.528. The van der Waals surface area contributed by atoms with Gasteiger partial charge in [-0.25, -0.2) is 9.97 Å². The molecule has 0 N–H and O–H groups in total. The highest BCUT2D eigenvalue weighted by Gasteiger charge is 2.27. The van der Waals surface area contributed by atoms with E-state index in [0.29, 0.717) is 30.2 Å². The maximum absolute atomic E-state index is 12.7. The van der Waals surface area contributed by atoms with Crippen molar-refractivity contribution in [3.05, 3.63) is 41.7 Å². The van der Waals surface area contributed by atoms with Crippen molar-refractivity contribution in [1.82, 2.24) is 14.9 Å². The number of esters is 1. The van der Waals surface area contributed by atoms with Gasteiger partial charge in [0.15, 0.2) is 5.16 Å². The van der Waals surface area contributed by atoms with Gasteiger partial charge >= 0.3 is 5.97 Å². The number of methoxy groups -OCH3 is 1. The molecule has 2 aromatic rings. The predicted molar refractivity (Wildman–Crippen MR) is 109 cm³/mol. The van der Waals surface area contributed by atoms with Gasteiger partial charge in [0.1, 0.15) is 11.4 Å². The van der Waals surface area contributed by atoms with Crippen molar-refractivity contribution >= 4 is 23.6 Å². The van der Waals surface area contributed by atoms with Crippen LogP contribution in [0.4, 0.5) is 0 Å². The van der Waals surface area contributed by atoms with E-state index in [4.69, 9.17) is 9.47 Å². The number of hydrogen-bond donors (Lipinski definition) is 0. The normalized spacial score (nSPS) is 13.8. The van der Waals surface area contributed by atoms with Crippen molar-refractivity contribution < 1.29 is 19.1 Å². The number of rotatable bonds is 6. The minimum Gasteiger partial charge on any atom is -0.497 e. The van der Waals surface area contributed by atoms with Gasteiger partial charge in [-0.2, -0.15) is 0 Å². The molecule has 0 saturated carbocycles. The molecule has 1 aromatic carbocycles.